The maximum Gasteiger partial charge on any atom is 0.412 e. The second-order valence-corrected chi connectivity index (χ2v) is 7.41. The predicted octanol–water partition coefficient (Wildman–Crippen LogP) is 4.32. The fourth-order valence-electron chi connectivity index (χ4n) is 2.82. The van der Waals surface area contributed by atoms with Crippen molar-refractivity contribution >= 4 is 17.7 Å². The number of hydrogen-bond donors (Lipinski definition) is 3. The number of rotatable bonds is 9. The molecule has 0 radical (unpaired) electrons. The van der Waals surface area contributed by atoms with Crippen molar-refractivity contribution in [1.29, 1.82) is 0 Å². The number of carbonyl (C=O) groups is 2. The average molecular weight is 413 g/mol. The first-order chi connectivity index (χ1) is 14.2. The van der Waals surface area contributed by atoms with Crippen LogP contribution in [0.3, 0.4) is 0 Å². The summed E-state index contributed by atoms with van der Waals surface area (Å²) in [5, 5.41) is 20.6. The Balaban J connectivity index is 2.25. The van der Waals surface area contributed by atoms with Crippen LogP contribution in [-0.2, 0) is 9.53 Å². The summed E-state index contributed by atoms with van der Waals surface area (Å²) in [5.41, 5.74) is 1.52. The lowest BCUT2D eigenvalue weighted by molar-refractivity contribution is -0.131. The molecule has 2 aromatic rings. The third-order valence-electron chi connectivity index (χ3n) is 4.40. The largest absolute Gasteiger partial charge is 0.491 e. The van der Waals surface area contributed by atoms with Gasteiger partial charge in [-0.3, -0.25) is 5.32 Å². The number of anilines is 1. The van der Waals surface area contributed by atoms with Gasteiger partial charge in [0.25, 0.3) is 0 Å². The molecule has 1 atom stereocenters. The Bertz CT molecular complexity index is 872. The summed E-state index contributed by atoms with van der Waals surface area (Å²) < 4.78 is 11.1. The van der Waals surface area contributed by atoms with E-state index in [9.17, 15) is 9.59 Å². The molecule has 3 N–H and O–H groups in total. The lowest BCUT2D eigenvalue weighted by Gasteiger charge is -2.31. The molecule has 0 heterocycles. The maximum atomic E-state index is 12.5. The number of aliphatic carboxylic acids is 1. The van der Waals surface area contributed by atoms with Gasteiger partial charge >= 0.3 is 12.1 Å². The van der Waals surface area contributed by atoms with Gasteiger partial charge in [-0.2, -0.15) is 0 Å². The summed E-state index contributed by atoms with van der Waals surface area (Å²) in [6.45, 7) is 5.59. The van der Waals surface area contributed by atoms with Crippen LogP contribution in [-0.4, -0.2) is 35.5 Å². The summed E-state index contributed by atoms with van der Waals surface area (Å²) in [6.07, 6.45) is 1.12. The van der Waals surface area contributed by atoms with Gasteiger partial charge in [0.15, 0.2) is 0 Å². The Morgan fingerprint density at radius 3 is 2.30 bits per heavy atom. The van der Waals surface area contributed by atoms with E-state index in [1.54, 1.807) is 50.2 Å². The number of carboxylic acids is 1. The number of aryl methyl sites for hydroxylation is 1. The summed E-state index contributed by atoms with van der Waals surface area (Å²) in [4.78, 5) is 23.5. The highest BCUT2D eigenvalue weighted by Crippen LogP contribution is 2.38. The molecule has 7 nitrogen and oxygen atoms in total. The van der Waals surface area contributed by atoms with Gasteiger partial charge in [0.2, 0.25) is 0 Å². The molecular weight excluding hydrogens is 386 g/mol. The minimum Gasteiger partial charge on any atom is -0.491 e. The average Bonchev–Trinajstić information content (AvgIpc) is 2.71. The van der Waals surface area contributed by atoms with Crippen LogP contribution in [0.1, 0.15) is 31.1 Å². The molecule has 0 aliphatic rings. The van der Waals surface area contributed by atoms with Crippen molar-refractivity contribution in [1.82, 2.24) is 0 Å². The third kappa shape index (κ3) is 6.93. The monoisotopic (exact) mass is 413 g/mol. The fourth-order valence-corrected chi connectivity index (χ4v) is 2.82. The zero-order valence-corrected chi connectivity index (χ0v) is 17.3. The van der Waals surface area contributed by atoms with E-state index in [4.69, 9.17) is 19.7 Å². The van der Waals surface area contributed by atoms with Gasteiger partial charge in [-0.05, 0) is 36.8 Å². The van der Waals surface area contributed by atoms with Gasteiger partial charge in [-0.1, -0.05) is 49.8 Å². The minimum absolute atomic E-state index is 0.0975. The number of amides is 1. The minimum atomic E-state index is -1.08. The molecule has 2 rings (SSSR count). The van der Waals surface area contributed by atoms with E-state index in [0.29, 0.717) is 17.0 Å². The van der Waals surface area contributed by atoms with Crippen molar-refractivity contribution in [2.24, 2.45) is 5.41 Å². The van der Waals surface area contributed by atoms with Gasteiger partial charge in [0.1, 0.15) is 18.5 Å². The lowest BCUT2D eigenvalue weighted by Crippen LogP contribution is -2.27. The number of aliphatic hydroxyl groups excluding tert-OH is 1. The van der Waals surface area contributed by atoms with E-state index in [0.717, 1.165) is 11.6 Å². The van der Waals surface area contributed by atoms with Gasteiger partial charge in [0, 0.05) is 17.2 Å². The normalized spacial score (nSPS) is 12.4. The van der Waals surface area contributed by atoms with Crippen molar-refractivity contribution in [3.63, 3.8) is 0 Å². The van der Waals surface area contributed by atoms with Crippen LogP contribution in [0, 0.1) is 12.3 Å². The zero-order valence-electron chi connectivity index (χ0n) is 17.3. The molecule has 0 saturated carbocycles. The number of ether oxygens (including phenoxy) is 2. The van der Waals surface area contributed by atoms with E-state index >= 15 is 0 Å². The van der Waals surface area contributed by atoms with Crippen LogP contribution in [0.4, 0.5) is 10.5 Å². The second kappa shape index (κ2) is 10.5. The molecule has 0 spiro atoms. The predicted molar refractivity (Wildman–Crippen MR) is 114 cm³/mol. The third-order valence-corrected chi connectivity index (χ3v) is 4.40. The van der Waals surface area contributed by atoms with E-state index in [2.05, 4.69) is 5.32 Å². The maximum absolute atomic E-state index is 12.5. The number of aliphatic hydroxyl groups is 1. The molecule has 0 aromatic heterocycles. The van der Waals surface area contributed by atoms with Crippen LogP contribution < -0.4 is 10.1 Å². The molecule has 160 valence electrons. The molecule has 0 unspecified atom stereocenters. The lowest BCUT2D eigenvalue weighted by atomic mass is 9.82. The summed E-state index contributed by atoms with van der Waals surface area (Å²) in [7, 11) is 0. The molecule has 0 fully saturated rings. The Morgan fingerprint density at radius 2 is 1.73 bits per heavy atom. The standard InChI is InChI=1S/C23H27NO6/c1-16-4-8-18(9-5-16)24-22(28)30-21(23(2,3)13-12-20(26)27)17-6-10-19(11-7-17)29-15-14-25/h4-13,21,25H,14-15H2,1-3H3,(H,24,28)(H,26,27)/b13-12+/t21-/m0/s1. The van der Waals surface area contributed by atoms with E-state index in [-0.39, 0.29) is 13.2 Å². The first-order valence-electron chi connectivity index (χ1n) is 9.51. The molecule has 1 amide bonds. The fraction of sp³-hybridized carbons (Fsp3) is 0.304. The summed E-state index contributed by atoms with van der Waals surface area (Å²) in [6, 6.07) is 14.2. The quantitative estimate of drug-likeness (QED) is 0.529. The van der Waals surface area contributed by atoms with Crippen LogP contribution >= 0.6 is 0 Å². The summed E-state index contributed by atoms with van der Waals surface area (Å²) in [5.74, 6) is -0.520. The SMILES string of the molecule is Cc1ccc(NC(=O)O[C@@H](c2ccc(OCCO)cc2)C(C)(C)/C=C/C(=O)O)cc1. The Labute approximate surface area is 176 Å². The zero-order chi connectivity index (χ0) is 22.1. The van der Waals surface area contributed by atoms with Gasteiger partial charge in [-0.15, -0.1) is 0 Å². The number of benzene rings is 2. The Kier molecular flexibility index (Phi) is 8.00. The van der Waals surface area contributed by atoms with Crippen LogP contribution in [0.25, 0.3) is 0 Å². The highest BCUT2D eigenvalue weighted by atomic mass is 16.6. The van der Waals surface area contributed by atoms with E-state index in [1.807, 2.05) is 19.1 Å². The molecule has 0 aliphatic carbocycles. The number of carboxylic acid groups (broad SMARTS) is 1. The van der Waals surface area contributed by atoms with Crippen molar-refractivity contribution in [3.8, 4) is 5.75 Å². The van der Waals surface area contributed by atoms with Gasteiger partial charge in [0.05, 0.1) is 6.61 Å². The molecule has 30 heavy (non-hydrogen) atoms. The molecule has 2 aromatic carbocycles. The number of hydrogen-bond acceptors (Lipinski definition) is 5. The van der Waals surface area contributed by atoms with Gasteiger partial charge < -0.3 is 19.7 Å². The van der Waals surface area contributed by atoms with Crippen molar-refractivity contribution in [2.45, 2.75) is 26.9 Å². The Hall–Kier alpha value is -3.32. The molecule has 0 saturated heterocycles. The van der Waals surface area contributed by atoms with Crippen molar-refractivity contribution in [3.05, 3.63) is 71.8 Å². The van der Waals surface area contributed by atoms with E-state index < -0.39 is 23.6 Å². The molecular formula is C23H27NO6. The Morgan fingerprint density at radius 1 is 1.10 bits per heavy atom. The van der Waals surface area contributed by atoms with Crippen LogP contribution in [0.2, 0.25) is 0 Å². The van der Waals surface area contributed by atoms with Crippen molar-refractivity contribution < 1.29 is 29.3 Å². The van der Waals surface area contributed by atoms with Gasteiger partial charge in [-0.25, -0.2) is 9.59 Å². The molecule has 0 aliphatic heterocycles. The highest BCUT2D eigenvalue weighted by molar-refractivity contribution is 5.85. The van der Waals surface area contributed by atoms with Crippen LogP contribution in [0.5, 0.6) is 5.75 Å². The molecule has 0 bridgehead atoms. The number of carbonyl (C=O) groups excluding carboxylic acids is 1. The van der Waals surface area contributed by atoms with Crippen molar-refractivity contribution in [2.75, 3.05) is 18.5 Å². The van der Waals surface area contributed by atoms with Crippen LogP contribution in [0.15, 0.2) is 60.7 Å². The summed E-state index contributed by atoms with van der Waals surface area (Å²) >= 11 is 0. The highest BCUT2D eigenvalue weighted by Gasteiger charge is 2.32. The topological polar surface area (TPSA) is 105 Å². The number of nitrogens with one attached hydrogen (secondary N) is 1. The molecule has 7 heteroatoms. The second-order valence-electron chi connectivity index (χ2n) is 7.41. The smallest absolute Gasteiger partial charge is 0.412 e. The van der Waals surface area contributed by atoms with E-state index in [1.165, 1.54) is 6.08 Å². The first-order valence-corrected chi connectivity index (χ1v) is 9.51. The first kappa shape index (κ1) is 23.0.